The normalized spacial score (nSPS) is 8.19. The molecule has 0 heterocycles. The zero-order valence-corrected chi connectivity index (χ0v) is 19.3. The Morgan fingerprint density at radius 3 is 0.906 bits per heavy atom. The molecule has 0 aromatic heterocycles. The van der Waals surface area contributed by atoms with Gasteiger partial charge in [0.25, 0.3) is 0 Å². The Morgan fingerprint density at radius 1 is 0.562 bits per heavy atom. The van der Waals surface area contributed by atoms with E-state index < -0.39 is 0 Å². The Balaban J connectivity index is 0. The molecular formula is C24H28N4O4. The van der Waals surface area contributed by atoms with Crippen molar-refractivity contribution in [3.05, 3.63) is 68.8 Å². The van der Waals surface area contributed by atoms with Gasteiger partial charge in [-0.25, -0.2) is 40.0 Å². The molecule has 0 saturated carbocycles. The fourth-order valence-electron chi connectivity index (χ4n) is 2.68. The minimum atomic E-state index is 0.334. The van der Waals surface area contributed by atoms with Gasteiger partial charge in [0.05, 0.1) is 13.1 Å². The van der Waals surface area contributed by atoms with E-state index in [1.165, 1.54) is 45.5 Å². The topological polar surface area (TPSA) is 141 Å². The molecule has 0 saturated heterocycles. The van der Waals surface area contributed by atoms with Crippen LogP contribution in [0.4, 0.5) is 0 Å². The van der Waals surface area contributed by atoms with E-state index in [1.54, 1.807) is 0 Å². The van der Waals surface area contributed by atoms with Crippen molar-refractivity contribution in [3.8, 4) is 0 Å². The van der Waals surface area contributed by atoms with E-state index >= 15 is 0 Å². The van der Waals surface area contributed by atoms with Gasteiger partial charge in [-0.05, 0) is 86.1 Å². The monoisotopic (exact) mass is 436 g/mol. The SMILES string of the molecule is Cc1c(C)c(C)c(C)c(C)c1C.N=C=O.N=C=O.O=C=NCc1ccc(CN=C=O)cc1. The number of nitrogens with zero attached hydrogens (tertiary/aromatic N) is 2. The van der Waals surface area contributed by atoms with Crippen LogP contribution in [0.3, 0.4) is 0 Å². The zero-order valence-electron chi connectivity index (χ0n) is 19.3. The second kappa shape index (κ2) is 17.8. The highest BCUT2D eigenvalue weighted by molar-refractivity contribution is 5.48. The van der Waals surface area contributed by atoms with E-state index in [2.05, 4.69) is 51.5 Å². The van der Waals surface area contributed by atoms with Crippen LogP contribution in [0.25, 0.3) is 0 Å². The molecular weight excluding hydrogens is 408 g/mol. The molecule has 0 aliphatic rings. The maximum atomic E-state index is 9.84. The molecule has 0 amide bonds. The number of nitrogens with one attached hydrogen (secondary N) is 2. The molecule has 0 radical (unpaired) electrons. The number of hydrogen-bond donors (Lipinski definition) is 2. The lowest BCUT2D eigenvalue weighted by atomic mass is 9.90. The van der Waals surface area contributed by atoms with Crippen molar-refractivity contribution in [2.75, 3.05) is 0 Å². The highest BCUT2D eigenvalue weighted by atomic mass is 16.1. The van der Waals surface area contributed by atoms with E-state index in [1.807, 2.05) is 24.3 Å². The maximum Gasteiger partial charge on any atom is 0.235 e. The standard InChI is InChI=1S/C12H18.C10H8N2O2.2CHNO/c1-7-8(2)10(4)12(6)11(5)9(7)3;13-7-11-5-9-1-2-10(4-3-9)6-12-8-14;2*2-1-3/h1-6H3;1-4H,5-6H2;2*2H. The van der Waals surface area contributed by atoms with Gasteiger partial charge in [0.1, 0.15) is 0 Å². The van der Waals surface area contributed by atoms with Crippen molar-refractivity contribution < 1.29 is 19.2 Å². The van der Waals surface area contributed by atoms with E-state index in [9.17, 15) is 9.59 Å². The van der Waals surface area contributed by atoms with Gasteiger partial charge < -0.3 is 0 Å². The van der Waals surface area contributed by atoms with Crippen LogP contribution in [0.5, 0.6) is 0 Å². The summed E-state index contributed by atoms with van der Waals surface area (Å²) in [6.07, 6.45) is 4.44. The van der Waals surface area contributed by atoms with Crippen LogP contribution in [0.2, 0.25) is 0 Å². The van der Waals surface area contributed by atoms with Gasteiger partial charge >= 0.3 is 0 Å². The number of rotatable bonds is 4. The maximum absolute atomic E-state index is 9.84. The summed E-state index contributed by atoms with van der Waals surface area (Å²) in [4.78, 5) is 43.3. The molecule has 2 aromatic carbocycles. The van der Waals surface area contributed by atoms with E-state index in [0.29, 0.717) is 13.1 Å². The van der Waals surface area contributed by atoms with Crippen LogP contribution in [-0.2, 0) is 32.3 Å². The first-order chi connectivity index (χ1) is 15.2. The van der Waals surface area contributed by atoms with E-state index in [-0.39, 0.29) is 0 Å². The zero-order chi connectivity index (χ0) is 25.1. The number of carbonyl (C=O) groups excluding carboxylic acids is 4. The average molecular weight is 437 g/mol. The highest BCUT2D eigenvalue weighted by Crippen LogP contribution is 2.24. The molecule has 0 unspecified atom stereocenters. The predicted octanol–water partition coefficient (Wildman–Crippen LogP) is 4.70. The number of aliphatic imine (C=N–C) groups is 2. The summed E-state index contributed by atoms with van der Waals surface area (Å²) in [6.45, 7) is 13.9. The van der Waals surface area contributed by atoms with Crippen molar-refractivity contribution in [2.24, 2.45) is 9.98 Å². The Labute approximate surface area is 188 Å². The number of isocyanates is 4. The minimum absolute atomic E-state index is 0.334. The molecule has 2 rings (SSSR count). The van der Waals surface area contributed by atoms with Crippen molar-refractivity contribution in [1.82, 2.24) is 0 Å². The summed E-state index contributed by atoms with van der Waals surface area (Å²) in [7, 11) is 0. The Bertz CT molecular complexity index is 879. The minimum Gasteiger partial charge on any atom is -0.222 e. The van der Waals surface area contributed by atoms with Gasteiger partial charge in [0, 0.05) is 0 Å². The summed E-state index contributed by atoms with van der Waals surface area (Å²) >= 11 is 0. The lowest BCUT2D eigenvalue weighted by Gasteiger charge is -2.15. The summed E-state index contributed by atoms with van der Waals surface area (Å²) in [5.41, 5.74) is 10.6. The first kappa shape index (κ1) is 30.2. The van der Waals surface area contributed by atoms with Gasteiger partial charge in [-0.1, -0.05) is 24.3 Å². The van der Waals surface area contributed by atoms with Crippen LogP contribution < -0.4 is 0 Å². The highest BCUT2D eigenvalue weighted by Gasteiger charge is 2.07. The van der Waals surface area contributed by atoms with Crippen molar-refractivity contribution >= 4 is 24.3 Å². The van der Waals surface area contributed by atoms with Crippen molar-refractivity contribution in [2.45, 2.75) is 54.6 Å². The largest absolute Gasteiger partial charge is 0.235 e. The van der Waals surface area contributed by atoms with Crippen LogP contribution >= 0.6 is 0 Å². The molecule has 32 heavy (non-hydrogen) atoms. The van der Waals surface area contributed by atoms with Gasteiger partial charge in [0.2, 0.25) is 24.3 Å². The number of benzene rings is 2. The molecule has 2 N–H and O–H groups in total. The molecule has 0 aliphatic heterocycles. The molecule has 0 spiro atoms. The third kappa shape index (κ3) is 11.2. The second-order valence-corrected chi connectivity index (χ2v) is 6.59. The fraction of sp³-hybridized carbons (Fsp3) is 0.333. The average Bonchev–Trinajstić information content (AvgIpc) is 2.79. The lowest BCUT2D eigenvalue weighted by molar-refractivity contribution is 0.562. The molecule has 2 aromatic rings. The van der Waals surface area contributed by atoms with Gasteiger partial charge in [-0.2, -0.15) is 0 Å². The van der Waals surface area contributed by atoms with Gasteiger partial charge in [0.15, 0.2) is 0 Å². The molecule has 0 aliphatic carbocycles. The third-order valence-electron chi connectivity index (χ3n) is 5.05. The fourth-order valence-corrected chi connectivity index (χ4v) is 2.68. The van der Waals surface area contributed by atoms with Crippen molar-refractivity contribution in [1.29, 1.82) is 10.8 Å². The Morgan fingerprint density at radius 2 is 0.750 bits per heavy atom. The van der Waals surface area contributed by atoms with Crippen LogP contribution in [0.1, 0.15) is 44.5 Å². The Hall–Kier alpha value is -4.04. The summed E-state index contributed by atoms with van der Waals surface area (Å²) in [5.74, 6) is 0. The van der Waals surface area contributed by atoms with Crippen molar-refractivity contribution in [3.63, 3.8) is 0 Å². The Kier molecular flexibility index (Phi) is 16.8. The molecule has 0 atom stereocenters. The lowest BCUT2D eigenvalue weighted by Crippen LogP contribution is -1.98. The molecule has 0 bridgehead atoms. The van der Waals surface area contributed by atoms with Crippen LogP contribution in [-0.4, -0.2) is 24.3 Å². The summed E-state index contributed by atoms with van der Waals surface area (Å²) in [6, 6.07) is 7.32. The van der Waals surface area contributed by atoms with Crippen LogP contribution in [0.15, 0.2) is 34.3 Å². The first-order valence-corrected chi connectivity index (χ1v) is 9.42. The molecule has 8 nitrogen and oxygen atoms in total. The molecule has 168 valence electrons. The summed E-state index contributed by atoms with van der Waals surface area (Å²) < 4.78 is 0. The van der Waals surface area contributed by atoms with Gasteiger partial charge in [-0.15, -0.1) is 0 Å². The number of hydrogen-bond acceptors (Lipinski definition) is 8. The molecule has 0 fully saturated rings. The first-order valence-electron chi connectivity index (χ1n) is 9.42. The summed E-state index contributed by atoms with van der Waals surface area (Å²) in [5, 5.41) is 10.8. The van der Waals surface area contributed by atoms with E-state index in [0.717, 1.165) is 23.3 Å². The van der Waals surface area contributed by atoms with Crippen LogP contribution in [0, 0.1) is 52.4 Å². The quantitative estimate of drug-likeness (QED) is 0.529. The second-order valence-electron chi connectivity index (χ2n) is 6.59. The molecule has 8 heteroatoms. The predicted molar refractivity (Wildman–Crippen MR) is 122 cm³/mol. The smallest absolute Gasteiger partial charge is 0.222 e. The van der Waals surface area contributed by atoms with Gasteiger partial charge in [-0.3, -0.25) is 0 Å². The third-order valence-corrected chi connectivity index (χ3v) is 5.05. The van der Waals surface area contributed by atoms with E-state index in [4.69, 9.17) is 20.4 Å².